The number of ether oxygens (including phenoxy) is 2. The molecule has 0 radical (unpaired) electrons. The fourth-order valence-corrected chi connectivity index (χ4v) is 4.03. The Hall–Kier alpha value is -1.82. The van der Waals surface area contributed by atoms with E-state index in [2.05, 4.69) is 15.0 Å². The van der Waals surface area contributed by atoms with Crippen molar-refractivity contribution in [3.05, 3.63) is 23.2 Å². The van der Waals surface area contributed by atoms with E-state index in [1.54, 1.807) is 13.8 Å². The zero-order valence-corrected chi connectivity index (χ0v) is 16.6. The maximum Gasteiger partial charge on any atom is 0.356 e. The molecule has 1 aliphatic heterocycles. The van der Waals surface area contributed by atoms with Crippen LogP contribution in [0.25, 0.3) is 11.2 Å². The third kappa shape index (κ3) is 3.97. The molecule has 0 aliphatic carbocycles. The number of halogens is 2. The number of imidazole rings is 1. The lowest BCUT2D eigenvalue weighted by molar-refractivity contribution is -0.146. The van der Waals surface area contributed by atoms with Crippen LogP contribution in [0.1, 0.15) is 20.1 Å². The lowest BCUT2D eigenvalue weighted by atomic mass is 10.4. The molecule has 2 aromatic rings. The molecule has 28 heavy (non-hydrogen) atoms. The van der Waals surface area contributed by atoms with Gasteiger partial charge in [0.05, 0.1) is 19.5 Å². The molecule has 3 heterocycles. The lowest BCUT2D eigenvalue weighted by Gasteiger charge is -2.20. The summed E-state index contributed by atoms with van der Waals surface area (Å²) in [5, 5.41) is 9.86. The van der Waals surface area contributed by atoms with E-state index in [-0.39, 0.29) is 35.5 Å². The van der Waals surface area contributed by atoms with E-state index in [1.165, 1.54) is 10.9 Å². The Balaban J connectivity index is 1.81. The molecular formula is C14H18ClFN5O6P. The van der Waals surface area contributed by atoms with E-state index in [4.69, 9.17) is 35.9 Å². The van der Waals surface area contributed by atoms with Gasteiger partial charge < -0.3 is 29.4 Å². The van der Waals surface area contributed by atoms with Crippen molar-refractivity contribution in [2.75, 3.05) is 25.3 Å². The number of aliphatic hydroxyl groups is 1. The monoisotopic (exact) mass is 437 g/mol. The van der Waals surface area contributed by atoms with E-state index < -0.39 is 38.0 Å². The number of nitrogens with zero attached hydrogens (tertiary/aromatic N) is 4. The molecular weight excluding hydrogens is 420 g/mol. The molecule has 14 heteroatoms. The number of fused-ring (bicyclic) bond motifs is 1. The summed E-state index contributed by atoms with van der Waals surface area (Å²) >= 11 is 5.79. The van der Waals surface area contributed by atoms with Gasteiger partial charge in [-0.2, -0.15) is 9.97 Å². The molecule has 154 valence electrons. The van der Waals surface area contributed by atoms with Gasteiger partial charge in [0, 0.05) is 0 Å². The van der Waals surface area contributed by atoms with Crippen LogP contribution < -0.4 is 5.73 Å². The van der Waals surface area contributed by atoms with Crippen LogP contribution in [0.2, 0.25) is 5.28 Å². The van der Waals surface area contributed by atoms with Gasteiger partial charge >= 0.3 is 7.60 Å². The Morgan fingerprint density at radius 1 is 1.39 bits per heavy atom. The number of nitrogens with two attached hydrogens (primary N) is 1. The summed E-state index contributed by atoms with van der Waals surface area (Å²) in [6.45, 7) is 3.50. The third-order valence-corrected chi connectivity index (χ3v) is 5.58. The Morgan fingerprint density at radius 3 is 2.71 bits per heavy atom. The highest BCUT2D eigenvalue weighted by Crippen LogP contribution is 2.49. The molecule has 3 rings (SSSR count). The number of nitrogen functional groups attached to an aromatic ring is 1. The standard InChI is InChI=1S/C14H18ClFN5O6P/c1-3-25-28(23,26-4-2)6-24-13-9(22)7(16)12(27-13)21-5-18-8-10(17)19-14(15)20-11(8)21/h5,12-13,22H,3-4,6H2,1-2H3,(H2,17,19,20)/t12-,13+/m1/s1. The van der Waals surface area contributed by atoms with Gasteiger partial charge in [-0.05, 0) is 25.4 Å². The van der Waals surface area contributed by atoms with E-state index in [1.807, 2.05) is 0 Å². The predicted octanol–water partition coefficient (Wildman–Crippen LogP) is 2.90. The van der Waals surface area contributed by atoms with Gasteiger partial charge in [-0.1, -0.05) is 0 Å². The van der Waals surface area contributed by atoms with Crippen LogP contribution in [0.5, 0.6) is 0 Å². The van der Waals surface area contributed by atoms with Crippen molar-refractivity contribution in [2.45, 2.75) is 26.4 Å². The Kier molecular flexibility index (Phi) is 6.18. The molecule has 0 saturated heterocycles. The minimum atomic E-state index is -3.58. The normalized spacial score (nSPS) is 20.4. The quantitative estimate of drug-likeness (QED) is 0.467. The first-order valence-electron chi connectivity index (χ1n) is 8.19. The summed E-state index contributed by atoms with van der Waals surface area (Å²) in [6, 6.07) is 0. The number of rotatable bonds is 8. The van der Waals surface area contributed by atoms with Crippen LogP contribution in [0.3, 0.4) is 0 Å². The highest BCUT2D eigenvalue weighted by molar-refractivity contribution is 7.53. The molecule has 2 aromatic heterocycles. The third-order valence-electron chi connectivity index (χ3n) is 3.65. The second kappa shape index (κ2) is 8.27. The molecule has 0 aromatic carbocycles. The fourth-order valence-electron chi connectivity index (χ4n) is 2.53. The topological polar surface area (TPSA) is 144 Å². The second-order valence-corrected chi connectivity index (χ2v) is 7.83. The summed E-state index contributed by atoms with van der Waals surface area (Å²) in [7, 11) is -3.58. The van der Waals surface area contributed by atoms with Crippen LogP contribution in [-0.2, 0) is 23.1 Å². The van der Waals surface area contributed by atoms with Crippen molar-refractivity contribution in [1.82, 2.24) is 19.5 Å². The largest absolute Gasteiger partial charge is 0.505 e. The fraction of sp³-hybridized carbons (Fsp3) is 0.500. The average molecular weight is 438 g/mol. The van der Waals surface area contributed by atoms with Gasteiger partial charge in [-0.15, -0.1) is 0 Å². The van der Waals surface area contributed by atoms with Crippen molar-refractivity contribution in [2.24, 2.45) is 0 Å². The van der Waals surface area contributed by atoms with E-state index in [0.29, 0.717) is 0 Å². The van der Waals surface area contributed by atoms with E-state index >= 15 is 0 Å². The van der Waals surface area contributed by atoms with Gasteiger partial charge in [0.15, 0.2) is 35.6 Å². The van der Waals surface area contributed by atoms with Gasteiger partial charge in [-0.3, -0.25) is 9.13 Å². The SMILES string of the molecule is CCOP(=O)(CO[C@H]1O[C@@H](n2cnc3c(N)nc(Cl)nc32)C(F)=C1O)OCC. The van der Waals surface area contributed by atoms with Crippen LogP contribution in [0.4, 0.5) is 10.2 Å². The maximum absolute atomic E-state index is 14.6. The molecule has 11 nitrogen and oxygen atoms in total. The van der Waals surface area contributed by atoms with Gasteiger partial charge in [0.2, 0.25) is 11.6 Å². The van der Waals surface area contributed by atoms with Crippen LogP contribution in [0, 0.1) is 0 Å². The zero-order valence-electron chi connectivity index (χ0n) is 14.9. The Labute approximate surface area is 163 Å². The average Bonchev–Trinajstić information content (AvgIpc) is 3.16. The minimum Gasteiger partial charge on any atom is -0.505 e. The molecule has 2 atom stereocenters. The van der Waals surface area contributed by atoms with Crippen molar-refractivity contribution in [3.63, 3.8) is 0 Å². The van der Waals surface area contributed by atoms with Crippen LogP contribution in [-0.4, -0.2) is 50.5 Å². The van der Waals surface area contributed by atoms with Crippen molar-refractivity contribution in [1.29, 1.82) is 0 Å². The number of hydrogen-bond donors (Lipinski definition) is 2. The second-order valence-electron chi connectivity index (χ2n) is 5.50. The molecule has 0 bridgehead atoms. The first-order valence-corrected chi connectivity index (χ1v) is 10.3. The smallest absolute Gasteiger partial charge is 0.356 e. The number of anilines is 1. The summed E-state index contributed by atoms with van der Waals surface area (Å²) in [6.07, 6.45) is -2.32. The van der Waals surface area contributed by atoms with Gasteiger partial charge in [-0.25, -0.2) is 9.37 Å². The first kappa shape index (κ1) is 20.9. The number of hydrogen-bond acceptors (Lipinski definition) is 10. The highest BCUT2D eigenvalue weighted by atomic mass is 35.5. The van der Waals surface area contributed by atoms with Gasteiger partial charge in [0.1, 0.15) is 5.52 Å². The van der Waals surface area contributed by atoms with E-state index in [0.717, 1.165) is 0 Å². The molecule has 1 aliphatic rings. The Morgan fingerprint density at radius 2 is 2.07 bits per heavy atom. The van der Waals surface area contributed by atoms with Gasteiger partial charge in [0.25, 0.3) is 0 Å². The minimum absolute atomic E-state index is 0.00234. The van der Waals surface area contributed by atoms with Crippen molar-refractivity contribution in [3.8, 4) is 0 Å². The number of aliphatic hydroxyl groups excluding tert-OH is 1. The zero-order chi connectivity index (χ0) is 20.5. The molecule has 3 N–H and O–H groups in total. The summed E-state index contributed by atoms with van der Waals surface area (Å²) in [4.78, 5) is 11.7. The highest BCUT2D eigenvalue weighted by Gasteiger charge is 2.40. The molecule has 0 saturated carbocycles. The molecule has 0 fully saturated rings. The Bertz CT molecular complexity index is 946. The van der Waals surface area contributed by atoms with Crippen LogP contribution in [0.15, 0.2) is 17.9 Å². The molecule has 0 spiro atoms. The van der Waals surface area contributed by atoms with Crippen molar-refractivity contribution >= 4 is 36.2 Å². The van der Waals surface area contributed by atoms with Crippen LogP contribution >= 0.6 is 19.2 Å². The summed E-state index contributed by atoms with van der Waals surface area (Å²) in [5.41, 5.74) is 6.00. The maximum atomic E-state index is 14.6. The molecule has 0 unspecified atom stereocenters. The van der Waals surface area contributed by atoms with E-state index in [9.17, 15) is 14.1 Å². The molecule has 0 amide bonds. The van der Waals surface area contributed by atoms with Crippen molar-refractivity contribution < 1.29 is 32.6 Å². The first-order chi connectivity index (χ1) is 13.3. The summed E-state index contributed by atoms with van der Waals surface area (Å²) < 4.78 is 49.0. The predicted molar refractivity (Wildman–Crippen MR) is 96.2 cm³/mol. The summed E-state index contributed by atoms with van der Waals surface area (Å²) in [5.74, 6) is -1.86. The number of aromatic nitrogens is 4. The lowest BCUT2D eigenvalue weighted by Crippen LogP contribution is -2.19.